The van der Waals surface area contributed by atoms with Crippen molar-refractivity contribution in [3.05, 3.63) is 30.1 Å². The van der Waals surface area contributed by atoms with Crippen LogP contribution in [0.2, 0.25) is 0 Å². The lowest BCUT2D eigenvalue weighted by Crippen LogP contribution is -2.46. The summed E-state index contributed by atoms with van der Waals surface area (Å²) < 4.78 is 0. The molecule has 1 heterocycles. The molecule has 0 saturated heterocycles. The summed E-state index contributed by atoms with van der Waals surface area (Å²) in [5.41, 5.74) is 7.26. The summed E-state index contributed by atoms with van der Waals surface area (Å²) in [5, 5.41) is 0. The summed E-state index contributed by atoms with van der Waals surface area (Å²) in [5.74, 6) is 0.0904. The van der Waals surface area contributed by atoms with Crippen molar-refractivity contribution < 1.29 is 4.79 Å². The van der Waals surface area contributed by atoms with Crippen molar-refractivity contribution in [3.8, 4) is 0 Å². The number of nitrogens with two attached hydrogens (primary N) is 1. The highest BCUT2D eigenvalue weighted by Crippen LogP contribution is 2.23. The molecular formula is C16H28N4O. The van der Waals surface area contributed by atoms with Gasteiger partial charge in [0, 0.05) is 26.3 Å². The minimum Gasteiger partial charge on any atom is -0.348 e. The Morgan fingerprint density at radius 2 is 2.05 bits per heavy atom. The minimum atomic E-state index is -0.0404. The van der Waals surface area contributed by atoms with Crippen LogP contribution in [0.3, 0.4) is 0 Å². The van der Waals surface area contributed by atoms with E-state index in [0.29, 0.717) is 6.54 Å². The molecule has 2 unspecified atom stereocenters. The van der Waals surface area contributed by atoms with Crippen LogP contribution in [0.1, 0.15) is 38.4 Å². The molecule has 0 aromatic carbocycles. The molecule has 2 atom stereocenters. The van der Waals surface area contributed by atoms with Crippen LogP contribution in [-0.2, 0) is 4.79 Å². The lowest BCUT2D eigenvalue weighted by atomic mass is 10.00. The maximum Gasteiger partial charge on any atom is 0.236 e. The average molecular weight is 292 g/mol. The van der Waals surface area contributed by atoms with E-state index in [2.05, 4.69) is 23.7 Å². The van der Waals surface area contributed by atoms with E-state index in [-0.39, 0.29) is 18.0 Å². The molecule has 0 aliphatic heterocycles. The number of carbonyl (C=O) groups excluding carboxylic acids is 1. The first-order valence-electron chi connectivity index (χ1n) is 7.61. The van der Waals surface area contributed by atoms with Gasteiger partial charge in [0.2, 0.25) is 5.91 Å². The number of hydrogen-bond acceptors (Lipinski definition) is 4. The highest BCUT2D eigenvalue weighted by molar-refractivity contribution is 5.77. The van der Waals surface area contributed by atoms with Crippen molar-refractivity contribution in [1.29, 1.82) is 0 Å². The zero-order valence-electron chi connectivity index (χ0n) is 13.6. The third-order valence-electron chi connectivity index (χ3n) is 3.61. The molecule has 0 aliphatic carbocycles. The Kier molecular flexibility index (Phi) is 7.32. The first-order chi connectivity index (χ1) is 10.0. The second-order valence-electron chi connectivity index (χ2n) is 5.53. The molecule has 0 spiro atoms. The molecule has 1 rings (SSSR count). The van der Waals surface area contributed by atoms with Crippen LogP contribution < -0.4 is 5.73 Å². The Hall–Kier alpha value is -1.46. The van der Waals surface area contributed by atoms with E-state index in [4.69, 9.17) is 5.73 Å². The molecule has 2 N–H and O–H groups in total. The maximum absolute atomic E-state index is 12.1. The van der Waals surface area contributed by atoms with Gasteiger partial charge in [-0.1, -0.05) is 19.9 Å². The van der Waals surface area contributed by atoms with E-state index in [0.717, 1.165) is 25.1 Å². The molecule has 1 aromatic heterocycles. The smallest absolute Gasteiger partial charge is 0.236 e. The highest BCUT2D eigenvalue weighted by Gasteiger charge is 2.28. The average Bonchev–Trinajstić information content (AvgIpc) is 2.48. The Morgan fingerprint density at radius 1 is 1.33 bits per heavy atom. The fourth-order valence-electron chi connectivity index (χ4n) is 2.37. The van der Waals surface area contributed by atoms with Crippen LogP contribution in [0, 0.1) is 0 Å². The van der Waals surface area contributed by atoms with Crippen molar-refractivity contribution >= 4 is 5.91 Å². The van der Waals surface area contributed by atoms with Crippen LogP contribution in [0.15, 0.2) is 24.4 Å². The van der Waals surface area contributed by atoms with E-state index in [1.807, 2.05) is 18.2 Å². The lowest BCUT2D eigenvalue weighted by molar-refractivity contribution is -0.130. The molecule has 0 fully saturated rings. The molecule has 1 aromatic rings. The molecule has 0 saturated carbocycles. The normalized spacial score (nSPS) is 14.0. The predicted octanol–water partition coefficient (Wildman–Crippen LogP) is 1.66. The van der Waals surface area contributed by atoms with E-state index in [1.54, 1.807) is 25.2 Å². The zero-order chi connectivity index (χ0) is 15.8. The van der Waals surface area contributed by atoms with Crippen molar-refractivity contribution in [2.24, 2.45) is 5.73 Å². The number of carbonyl (C=O) groups is 1. The van der Waals surface area contributed by atoms with Crippen molar-refractivity contribution in [3.63, 3.8) is 0 Å². The van der Waals surface area contributed by atoms with Crippen molar-refractivity contribution in [2.75, 3.05) is 27.2 Å². The maximum atomic E-state index is 12.1. The molecule has 5 nitrogen and oxygen atoms in total. The van der Waals surface area contributed by atoms with Gasteiger partial charge in [0.25, 0.3) is 0 Å². The minimum absolute atomic E-state index is 0.0277. The molecule has 0 radical (unpaired) electrons. The zero-order valence-corrected chi connectivity index (χ0v) is 13.6. The quantitative estimate of drug-likeness (QED) is 0.791. The number of aromatic nitrogens is 1. The first-order valence-corrected chi connectivity index (χ1v) is 7.61. The fourth-order valence-corrected chi connectivity index (χ4v) is 2.37. The number of amides is 1. The SMILES string of the molecule is CCCN(CC(=O)N(C)C)C(c1ccccn1)C(N)CC. The van der Waals surface area contributed by atoms with Crippen LogP contribution in [0.4, 0.5) is 0 Å². The largest absolute Gasteiger partial charge is 0.348 e. The molecule has 0 aliphatic rings. The Labute approximate surface area is 128 Å². The third-order valence-corrected chi connectivity index (χ3v) is 3.61. The molecule has 5 heteroatoms. The summed E-state index contributed by atoms with van der Waals surface area (Å²) >= 11 is 0. The van der Waals surface area contributed by atoms with Crippen molar-refractivity contribution in [2.45, 2.75) is 38.8 Å². The van der Waals surface area contributed by atoms with Gasteiger partial charge in [-0.15, -0.1) is 0 Å². The number of nitrogens with zero attached hydrogens (tertiary/aromatic N) is 3. The van der Waals surface area contributed by atoms with Gasteiger partial charge in [-0.25, -0.2) is 0 Å². The van der Waals surface area contributed by atoms with Crippen molar-refractivity contribution in [1.82, 2.24) is 14.8 Å². The summed E-state index contributed by atoms with van der Waals surface area (Å²) in [6.45, 7) is 5.38. The van der Waals surface area contributed by atoms with E-state index < -0.39 is 0 Å². The molecular weight excluding hydrogens is 264 g/mol. The van der Waals surface area contributed by atoms with Gasteiger partial charge < -0.3 is 10.6 Å². The summed E-state index contributed by atoms with van der Waals surface area (Å²) in [4.78, 5) is 20.3. The molecule has 21 heavy (non-hydrogen) atoms. The monoisotopic (exact) mass is 292 g/mol. The Bertz CT molecular complexity index is 422. The standard InChI is InChI=1S/C16H28N4O/c1-5-11-20(12-15(21)19(3)4)16(13(17)6-2)14-9-7-8-10-18-14/h7-10,13,16H,5-6,11-12,17H2,1-4H3. The summed E-state index contributed by atoms with van der Waals surface area (Å²) in [6, 6.07) is 5.78. The van der Waals surface area contributed by atoms with Gasteiger partial charge in [-0.05, 0) is 31.5 Å². The van der Waals surface area contributed by atoms with Crippen LogP contribution in [0.25, 0.3) is 0 Å². The second kappa shape index (κ2) is 8.74. The van der Waals surface area contributed by atoms with E-state index in [9.17, 15) is 4.79 Å². The lowest BCUT2D eigenvalue weighted by Gasteiger charge is -2.34. The predicted molar refractivity (Wildman–Crippen MR) is 85.8 cm³/mol. The number of rotatable bonds is 8. The van der Waals surface area contributed by atoms with Gasteiger partial charge in [0.05, 0.1) is 18.3 Å². The van der Waals surface area contributed by atoms with Crippen LogP contribution in [0.5, 0.6) is 0 Å². The molecule has 0 bridgehead atoms. The van der Waals surface area contributed by atoms with Crippen LogP contribution in [-0.4, -0.2) is 53.9 Å². The molecule has 118 valence electrons. The van der Waals surface area contributed by atoms with Crippen LogP contribution >= 0.6 is 0 Å². The topological polar surface area (TPSA) is 62.5 Å². The first kappa shape index (κ1) is 17.6. The van der Waals surface area contributed by atoms with Gasteiger partial charge in [0.1, 0.15) is 0 Å². The number of likely N-dealkylation sites (N-methyl/N-ethyl adjacent to an activating group) is 1. The summed E-state index contributed by atoms with van der Waals surface area (Å²) in [7, 11) is 3.56. The number of hydrogen-bond donors (Lipinski definition) is 1. The third kappa shape index (κ3) is 5.10. The van der Waals surface area contributed by atoms with Gasteiger partial charge in [0.15, 0.2) is 0 Å². The van der Waals surface area contributed by atoms with Gasteiger partial charge in [-0.3, -0.25) is 14.7 Å². The van der Waals surface area contributed by atoms with Gasteiger partial charge >= 0.3 is 0 Å². The highest BCUT2D eigenvalue weighted by atomic mass is 16.2. The number of pyridine rings is 1. The van der Waals surface area contributed by atoms with Gasteiger partial charge in [-0.2, -0.15) is 0 Å². The van der Waals surface area contributed by atoms with E-state index >= 15 is 0 Å². The Morgan fingerprint density at radius 3 is 2.52 bits per heavy atom. The second-order valence-corrected chi connectivity index (χ2v) is 5.53. The molecule has 1 amide bonds. The Balaban J connectivity index is 3.03. The fraction of sp³-hybridized carbons (Fsp3) is 0.625. The summed E-state index contributed by atoms with van der Waals surface area (Å²) in [6.07, 6.45) is 3.60. The van der Waals surface area contributed by atoms with E-state index in [1.165, 1.54) is 0 Å².